The topological polar surface area (TPSA) is 42.1 Å². The van der Waals surface area contributed by atoms with Crippen LogP contribution in [0.15, 0.2) is 18.3 Å². The number of ether oxygens (including phenoxy) is 1. The summed E-state index contributed by atoms with van der Waals surface area (Å²) in [5, 5.41) is 0. The number of hydrogen-bond acceptors (Lipinski definition) is 2. The summed E-state index contributed by atoms with van der Waals surface area (Å²) >= 11 is 0. The van der Waals surface area contributed by atoms with Gasteiger partial charge in [-0.15, -0.1) is 0 Å². The fraction of sp³-hybridized carbons (Fsp3) is 0.286. The quantitative estimate of drug-likeness (QED) is 0.623. The molecular weight excluding hydrogens is 130 g/mol. The number of aromatic amines is 1. The van der Waals surface area contributed by atoms with Crippen molar-refractivity contribution >= 4 is 5.97 Å². The molecule has 0 aliphatic carbocycles. The maximum Gasteiger partial charge on any atom is 0.303 e. The average Bonchev–Trinajstić information content (AvgIpc) is 2.34. The zero-order valence-corrected chi connectivity index (χ0v) is 5.76. The molecule has 0 radical (unpaired) electrons. The molecule has 0 unspecified atom stereocenters. The number of nitrogens with one attached hydrogen (secondary N) is 1. The zero-order valence-electron chi connectivity index (χ0n) is 5.76. The number of aromatic nitrogens is 1. The van der Waals surface area contributed by atoms with Gasteiger partial charge in [0.2, 0.25) is 0 Å². The summed E-state index contributed by atoms with van der Waals surface area (Å²) in [5.41, 5.74) is 0.912. The van der Waals surface area contributed by atoms with Crippen molar-refractivity contribution in [2.45, 2.75) is 13.5 Å². The highest BCUT2D eigenvalue weighted by atomic mass is 16.5. The number of rotatable bonds is 2. The smallest absolute Gasteiger partial charge is 0.303 e. The number of H-pyrrole nitrogens is 1. The van der Waals surface area contributed by atoms with Gasteiger partial charge in [-0.2, -0.15) is 0 Å². The molecular formula is C7H9NO2. The van der Waals surface area contributed by atoms with E-state index in [1.807, 2.05) is 12.1 Å². The van der Waals surface area contributed by atoms with Crippen LogP contribution in [0, 0.1) is 0 Å². The molecule has 0 spiro atoms. The number of esters is 1. The van der Waals surface area contributed by atoms with Crippen LogP contribution in [0.3, 0.4) is 0 Å². The van der Waals surface area contributed by atoms with E-state index in [4.69, 9.17) is 4.74 Å². The maximum absolute atomic E-state index is 10.3. The SMILES string of the molecule is CC(=O)OCc1ccc[nH]1. The van der Waals surface area contributed by atoms with Crippen LogP contribution < -0.4 is 0 Å². The van der Waals surface area contributed by atoms with E-state index in [-0.39, 0.29) is 5.97 Å². The van der Waals surface area contributed by atoms with E-state index in [0.717, 1.165) is 5.69 Å². The summed E-state index contributed by atoms with van der Waals surface area (Å²) in [6, 6.07) is 3.72. The van der Waals surface area contributed by atoms with Crippen LogP contribution in [0.1, 0.15) is 12.6 Å². The van der Waals surface area contributed by atoms with Gasteiger partial charge in [0.15, 0.2) is 0 Å². The predicted molar refractivity (Wildman–Crippen MR) is 36.3 cm³/mol. The van der Waals surface area contributed by atoms with Gasteiger partial charge < -0.3 is 9.72 Å². The van der Waals surface area contributed by atoms with Crippen molar-refractivity contribution in [3.63, 3.8) is 0 Å². The molecule has 1 rings (SSSR count). The predicted octanol–water partition coefficient (Wildman–Crippen LogP) is 1.08. The van der Waals surface area contributed by atoms with Gasteiger partial charge in [-0.25, -0.2) is 0 Å². The molecule has 0 fully saturated rings. The molecule has 0 saturated carbocycles. The number of hydrogen-bond donors (Lipinski definition) is 1. The summed E-state index contributed by atoms with van der Waals surface area (Å²) < 4.78 is 4.72. The number of carbonyl (C=O) groups is 1. The van der Waals surface area contributed by atoms with Gasteiger partial charge in [-0.3, -0.25) is 4.79 Å². The van der Waals surface area contributed by atoms with Gasteiger partial charge in [-0.05, 0) is 12.1 Å². The van der Waals surface area contributed by atoms with E-state index >= 15 is 0 Å². The summed E-state index contributed by atoms with van der Waals surface area (Å²) in [6.45, 7) is 1.73. The highest BCUT2D eigenvalue weighted by Crippen LogP contribution is 1.96. The lowest BCUT2D eigenvalue weighted by atomic mass is 10.5. The second kappa shape index (κ2) is 3.06. The van der Waals surface area contributed by atoms with Crippen LogP contribution in [0.25, 0.3) is 0 Å². The standard InChI is InChI=1S/C7H9NO2/c1-6(9)10-5-7-3-2-4-8-7/h2-4,8H,5H2,1H3. The van der Waals surface area contributed by atoms with Crippen molar-refractivity contribution in [3.05, 3.63) is 24.0 Å². The third-order valence-corrected chi connectivity index (χ3v) is 1.09. The molecule has 0 atom stereocenters. The minimum atomic E-state index is -0.255. The van der Waals surface area contributed by atoms with Crippen LogP contribution >= 0.6 is 0 Å². The van der Waals surface area contributed by atoms with Crippen LogP contribution in [0.5, 0.6) is 0 Å². The molecule has 3 nitrogen and oxygen atoms in total. The first-order chi connectivity index (χ1) is 4.79. The van der Waals surface area contributed by atoms with Gasteiger partial charge in [0.1, 0.15) is 6.61 Å². The lowest BCUT2D eigenvalue weighted by Gasteiger charge is -1.96. The van der Waals surface area contributed by atoms with Crippen molar-refractivity contribution < 1.29 is 9.53 Å². The van der Waals surface area contributed by atoms with Crippen molar-refractivity contribution in [1.29, 1.82) is 0 Å². The highest BCUT2D eigenvalue weighted by Gasteiger charge is 1.94. The minimum absolute atomic E-state index is 0.255. The van der Waals surface area contributed by atoms with Crippen molar-refractivity contribution in [2.75, 3.05) is 0 Å². The highest BCUT2D eigenvalue weighted by molar-refractivity contribution is 5.65. The molecule has 0 aliphatic rings. The van der Waals surface area contributed by atoms with Crippen molar-refractivity contribution in [2.24, 2.45) is 0 Å². The van der Waals surface area contributed by atoms with E-state index in [9.17, 15) is 4.79 Å². The lowest BCUT2D eigenvalue weighted by molar-refractivity contribution is -0.142. The monoisotopic (exact) mass is 139 g/mol. The summed E-state index contributed by atoms with van der Waals surface area (Å²) in [7, 11) is 0. The fourth-order valence-corrected chi connectivity index (χ4v) is 0.637. The Morgan fingerprint density at radius 3 is 3.10 bits per heavy atom. The Morgan fingerprint density at radius 2 is 2.60 bits per heavy atom. The van der Waals surface area contributed by atoms with E-state index in [1.54, 1.807) is 6.20 Å². The normalized spacial score (nSPS) is 9.30. The van der Waals surface area contributed by atoms with E-state index < -0.39 is 0 Å². The molecule has 3 heteroatoms. The van der Waals surface area contributed by atoms with Gasteiger partial charge >= 0.3 is 5.97 Å². The summed E-state index contributed by atoms with van der Waals surface area (Å²) in [6.07, 6.45) is 1.79. The first-order valence-corrected chi connectivity index (χ1v) is 3.04. The Morgan fingerprint density at radius 1 is 1.80 bits per heavy atom. The van der Waals surface area contributed by atoms with Crippen LogP contribution in [-0.2, 0) is 16.1 Å². The maximum atomic E-state index is 10.3. The molecule has 0 saturated heterocycles. The largest absolute Gasteiger partial charge is 0.459 e. The van der Waals surface area contributed by atoms with E-state index in [0.29, 0.717) is 6.61 Å². The zero-order chi connectivity index (χ0) is 7.40. The molecule has 1 heterocycles. The first-order valence-electron chi connectivity index (χ1n) is 3.04. The molecule has 1 aromatic rings. The Kier molecular flexibility index (Phi) is 2.10. The third kappa shape index (κ3) is 1.93. The minimum Gasteiger partial charge on any atom is -0.459 e. The lowest BCUT2D eigenvalue weighted by Crippen LogP contribution is -1.98. The first kappa shape index (κ1) is 6.86. The molecule has 0 aliphatic heterocycles. The average molecular weight is 139 g/mol. The molecule has 0 amide bonds. The Balaban J connectivity index is 2.35. The molecule has 10 heavy (non-hydrogen) atoms. The Labute approximate surface area is 59.0 Å². The van der Waals surface area contributed by atoms with Gasteiger partial charge in [0.05, 0.1) is 5.69 Å². The molecule has 0 aromatic carbocycles. The van der Waals surface area contributed by atoms with Crippen molar-refractivity contribution in [1.82, 2.24) is 4.98 Å². The number of carbonyl (C=O) groups excluding carboxylic acids is 1. The van der Waals surface area contributed by atoms with Crippen molar-refractivity contribution in [3.8, 4) is 0 Å². The molecule has 54 valence electrons. The Bertz CT molecular complexity index is 203. The second-order valence-electron chi connectivity index (χ2n) is 1.98. The van der Waals surface area contributed by atoms with Gasteiger partial charge in [-0.1, -0.05) is 0 Å². The molecule has 1 N–H and O–H groups in total. The molecule has 0 bridgehead atoms. The van der Waals surface area contributed by atoms with E-state index in [1.165, 1.54) is 6.92 Å². The van der Waals surface area contributed by atoms with E-state index in [2.05, 4.69) is 4.98 Å². The third-order valence-electron chi connectivity index (χ3n) is 1.09. The van der Waals surface area contributed by atoms with Gasteiger partial charge in [0.25, 0.3) is 0 Å². The Hall–Kier alpha value is -1.25. The second-order valence-corrected chi connectivity index (χ2v) is 1.98. The van der Waals surface area contributed by atoms with Crippen LogP contribution in [0.2, 0.25) is 0 Å². The fourth-order valence-electron chi connectivity index (χ4n) is 0.637. The summed E-state index contributed by atoms with van der Waals surface area (Å²) in [4.78, 5) is 13.2. The molecule has 1 aromatic heterocycles. The van der Waals surface area contributed by atoms with Crippen LogP contribution in [-0.4, -0.2) is 11.0 Å². The van der Waals surface area contributed by atoms with Gasteiger partial charge in [0, 0.05) is 13.1 Å². The van der Waals surface area contributed by atoms with Crippen LogP contribution in [0.4, 0.5) is 0 Å². The summed E-state index contributed by atoms with van der Waals surface area (Å²) in [5.74, 6) is -0.255.